The number of fused-ring (bicyclic) bond motifs is 3. The molecule has 0 bridgehead atoms. The van der Waals surface area contributed by atoms with Crippen molar-refractivity contribution in [3.8, 4) is 11.6 Å². The number of para-hydroxylation sites is 1. The molecule has 4 heteroatoms. The van der Waals surface area contributed by atoms with Crippen LogP contribution >= 0.6 is 11.3 Å². The van der Waals surface area contributed by atoms with Crippen LogP contribution in [0.3, 0.4) is 0 Å². The lowest BCUT2D eigenvalue weighted by Gasteiger charge is -2.22. The van der Waals surface area contributed by atoms with E-state index in [4.69, 9.17) is 9.47 Å². The Balaban J connectivity index is 1.89. The van der Waals surface area contributed by atoms with Gasteiger partial charge in [0, 0.05) is 11.6 Å². The molecular weight excluding hydrogens is 234 g/mol. The maximum Gasteiger partial charge on any atom is 0.237 e. The molecule has 17 heavy (non-hydrogen) atoms. The van der Waals surface area contributed by atoms with Crippen molar-refractivity contribution in [2.24, 2.45) is 0 Å². The van der Waals surface area contributed by atoms with Crippen LogP contribution < -0.4 is 9.47 Å². The summed E-state index contributed by atoms with van der Waals surface area (Å²) < 4.78 is 11.5. The van der Waals surface area contributed by atoms with E-state index in [1.54, 1.807) is 16.8 Å². The van der Waals surface area contributed by atoms with E-state index in [9.17, 15) is 0 Å². The minimum absolute atomic E-state index is 0.660. The van der Waals surface area contributed by atoms with Crippen molar-refractivity contribution in [3.63, 3.8) is 0 Å². The van der Waals surface area contributed by atoms with E-state index >= 15 is 0 Å². The molecule has 2 aliphatic rings. The second-order valence-electron chi connectivity index (χ2n) is 3.78. The largest absolute Gasteiger partial charge is 0.453 e. The maximum absolute atomic E-state index is 5.81. The molecule has 82 valence electrons. The van der Waals surface area contributed by atoms with Gasteiger partial charge in [-0.15, -0.1) is 11.3 Å². The average Bonchev–Trinajstić information content (AvgIpc) is 2.80. The molecule has 0 spiro atoms. The van der Waals surface area contributed by atoms with Crippen LogP contribution in [0.15, 0.2) is 41.3 Å². The molecule has 0 saturated carbocycles. The Morgan fingerprint density at radius 3 is 2.88 bits per heavy atom. The quantitative estimate of drug-likeness (QED) is 0.709. The lowest BCUT2D eigenvalue weighted by molar-refractivity contribution is 0.336. The first kappa shape index (κ1) is 9.01. The normalized spacial score (nSPS) is 15.5. The number of benzene rings is 1. The second-order valence-corrected chi connectivity index (χ2v) is 4.67. The minimum Gasteiger partial charge on any atom is -0.453 e. The first-order chi connectivity index (χ1) is 8.40. The fourth-order valence-corrected chi connectivity index (χ4v) is 2.53. The van der Waals surface area contributed by atoms with E-state index in [0.717, 1.165) is 27.7 Å². The van der Waals surface area contributed by atoms with Crippen LogP contribution in [0.5, 0.6) is 11.6 Å². The molecule has 1 aromatic heterocycles. The fraction of sp³-hybridized carbons (Fsp3) is 0. The molecule has 0 radical (unpaired) electrons. The van der Waals surface area contributed by atoms with Gasteiger partial charge in [0.25, 0.3) is 0 Å². The van der Waals surface area contributed by atoms with Crippen LogP contribution in [0.2, 0.25) is 0 Å². The average molecular weight is 241 g/mol. The van der Waals surface area contributed by atoms with E-state index in [0.29, 0.717) is 5.88 Å². The topological polar surface area (TPSA) is 31.4 Å². The molecule has 0 amide bonds. The van der Waals surface area contributed by atoms with Gasteiger partial charge in [0.05, 0.1) is 10.4 Å². The summed E-state index contributed by atoms with van der Waals surface area (Å²) in [5.41, 5.74) is 2.80. The summed E-state index contributed by atoms with van der Waals surface area (Å²) in [6, 6.07) is 7.88. The third-order valence-corrected chi connectivity index (χ3v) is 3.45. The molecule has 2 aliphatic heterocycles. The van der Waals surface area contributed by atoms with Gasteiger partial charge in [-0.25, -0.2) is 4.98 Å². The summed E-state index contributed by atoms with van der Waals surface area (Å²) in [6.07, 6.45) is 3.95. The summed E-state index contributed by atoms with van der Waals surface area (Å²) in [5.74, 6) is 2.99. The monoisotopic (exact) mass is 241 g/mol. The van der Waals surface area contributed by atoms with Gasteiger partial charge in [-0.3, -0.25) is 0 Å². The van der Waals surface area contributed by atoms with Crippen LogP contribution in [0.25, 0.3) is 12.2 Å². The molecule has 1 aromatic carbocycles. The molecular formula is C13H7NO2S. The zero-order chi connectivity index (χ0) is 11.2. The number of nitrogens with zero attached hydrogens (tertiary/aromatic N) is 1. The number of aromatic nitrogens is 1. The molecule has 0 N–H and O–H groups in total. The first-order valence-electron chi connectivity index (χ1n) is 5.22. The molecule has 2 aromatic rings. The van der Waals surface area contributed by atoms with Crippen molar-refractivity contribution in [1.82, 2.24) is 4.98 Å². The van der Waals surface area contributed by atoms with Gasteiger partial charge >= 0.3 is 0 Å². The van der Waals surface area contributed by atoms with Gasteiger partial charge in [-0.2, -0.15) is 0 Å². The predicted octanol–water partition coefficient (Wildman–Crippen LogP) is 3.31. The number of ether oxygens (including phenoxy) is 2. The van der Waals surface area contributed by atoms with Crippen LogP contribution in [-0.4, -0.2) is 4.98 Å². The lowest BCUT2D eigenvalue weighted by atomic mass is 10.1. The van der Waals surface area contributed by atoms with Gasteiger partial charge in [0.1, 0.15) is 5.75 Å². The minimum atomic E-state index is 0.660. The number of rotatable bonds is 0. The van der Waals surface area contributed by atoms with Crippen molar-refractivity contribution in [2.45, 2.75) is 0 Å². The predicted molar refractivity (Wildman–Crippen MR) is 65.8 cm³/mol. The molecule has 4 rings (SSSR count). The third-order valence-electron chi connectivity index (χ3n) is 2.70. The SMILES string of the molecule is C1=C2Oc3ccccc3C=C2Oc2ncsc21. The molecule has 0 saturated heterocycles. The Morgan fingerprint density at radius 2 is 1.88 bits per heavy atom. The standard InChI is InChI=1S/C13H7NO2S/c1-2-4-9-8(3-1)5-10-11(15-9)6-12-13(16-10)14-7-17-12/h1-7H. The van der Waals surface area contributed by atoms with E-state index in [1.165, 1.54) is 0 Å². The fourth-order valence-electron chi connectivity index (χ4n) is 1.89. The molecule has 3 heterocycles. The highest BCUT2D eigenvalue weighted by Crippen LogP contribution is 2.39. The zero-order valence-corrected chi connectivity index (χ0v) is 9.53. The van der Waals surface area contributed by atoms with Crippen molar-refractivity contribution >= 4 is 23.5 Å². The van der Waals surface area contributed by atoms with Gasteiger partial charge in [-0.1, -0.05) is 18.2 Å². The van der Waals surface area contributed by atoms with Crippen LogP contribution in [0.1, 0.15) is 10.4 Å². The highest BCUT2D eigenvalue weighted by Gasteiger charge is 2.25. The van der Waals surface area contributed by atoms with E-state index in [-0.39, 0.29) is 0 Å². The molecule has 0 aliphatic carbocycles. The highest BCUT2D eigenvalue weighted by molar-refractivity contribution is 7.10. The van der Waals surface area contributed by atoms with Crippen molar-refractivity contribution in [3.05, 3.63) is 51.7 Å². The zero-order valence-electron chi connectivity index (χ0n) is 8.71. The van der Waals surface area contributed by atoms with Crippen LogP contribution in [-0.2, 0) is 0 Å². The molecule has 3 nitrogen and oxygen atoms in total. The smallest absolute Gasteiger partial charge is 0.237 e. The van der Waals surface area contributed by atoms with Crippen molar-refractivity contribution in [1.29, 1.82) is 0 Å². The summed E-state index contributed by atoms with van der Waals surface area (Å²) in [5, 5.41) is 0. The van der Waals surface area contributed by atoms with Crippen molar-refractivity contribution in [2.75, 3.05) is 0 Å². The summed E-state index contributed by atoms with van der Waals surface area (Å²) in [6.45, 7) is 0. The highest BCUT2D eigenvalue weighted by atomic mass is 32.1. The Bertz CT molecular complexity index is 670. The van der Waals surface area contributed by atoms with Gasteiger partial charge in [-0.05, 0) is 12.1 Å². The van der Waals surface area contributed by atoms with Crippen LogP contribution in [0, 0.1) is 0 Å². The van der Waals surface area contributed by atoms with Crippen LogP contribution in [0.4, 0.5) is 0 Å². The maximum atomic E-state index is 5.81. The first-order valence-corrected chi connectivity index (χ1v) is 6.10. The lowest BCUT2D eigenvalue weighted by Crippen LogP contribution is -2.13. The number of thiazole rings is 1. The third kappa shape index (κ3) is 1.31. The van der Waals surface area contributed by atoms with Gasteiger partial charge in [0.15, 0.2) is 11.5 Å². The Kier molecular flexibility index (Phi) is 1.70. The van der Waals surface area contributed by atoms with E-state index in [1.807, 2.05) is 36.4 Å². The molecule has 0 fully saturated rings. The Labute approximate surface area is 102 Å². The van der Waals surface area contributed by atoms with Gasteiger partial charge in [0.2, 0.25) is 5.88 Å². The second kappa shape index (κ2) is 3.21. The number of hydrogen-bond donors (Lipinski definition) is 0. The summed E-state index contributed by atoms with van der Waals surface area (Å²) in [7, 11) is 0. The van der Waals surface area contributed by atoms with E-state index < -0.39 is 0 Å². The van der Waals surface area contributed by atoms with Gasteiger partial charge < -0.3 is 9.47 Å². The number of hydrogen-bond acceptors (Lipinski definition) is 4. The molecule has 0 unspecified atom stereocenters. The Hall–Kier alpha value is -2.07. The summed E-state index contributed by atoms with van der Waals surface area (Å²) >= 11 is 1.54. The van der Waals surface area contributed by atoms with E-state index in [2.05, 4.69) is 4.98 Å². The molecule has 0 atom stereocenters. The summed E-state index contributed by atoms with van der Waals surface area (Å²) in [4.78, 5) is 5.16. The Morgan fingerprint density at radius 1 is 1.00 bits per heavy atom. The van der Waals surface area contributed by atoms with Crippen molar-refractivity contribution < 1.29 is 9.47 Å².